The Labute approximate surface area is 142 Å². The molecule has 0 spiro atoms. The lowest BCUT2D eigenvalue weighted by Crippen LogP contribution is -2.34. The Balaban J connectivity index is 1.80. The SMILES string of the molecule is Cc1ccc(C(=O)NCC(=O)N/N=C/c2ccccc2Br)cc1. The highest BCUT2D eigenvalue weighted by molar-refractivity contribution is 9.10. The summed E-state index contributed by atoms with van der Waals surface area (Å²) in [4.78, 5) is 23.5. The smallest absolute Gasteiger partial charge is 0.259 e. The minimum absolute atomic E-state index is 0.139. The maximum absolute atomic E-state index is 11.9. The average Bonchev–Trinajstić information content (AvgIpc) is 2.55. The number of rotatable bonds is 5. The van der Waals surface area contributed by atoms with Crippen LogP contribution < -0.4 is 10.7 Å². The second-order valence-corrected chi connectivity index (χ2v) is 5.72. The van der Waals surface area contributed by atoms with Gasteiger partial charge in [-0.25, -0.2) is 5.43 Å². The molecular formula is C17H16BrN3O2. The van der Waals surface area contributed by atoms with Crippen LogP contribution in [0.4, 0.5) is 0 Å². The molecule has 0 bridgehead atoms. The summed E-state index contributed by atoms with van der Waals surface area (Å²) in [6, 6.07) is 14.6. The summed E-state index contributed by atoms with van der Waals surface area (Å²) in [5, 5.41) is 6.40. The molecule has 2 N–H and O–H groups in total. The largest absolute Gasteiger partial charge is 0.343 e. The van der Waals surface area contributed by atoms with Crippen LogP contribution in [0.5, 0.6) is 0 Å². The number of benzene rings is 2. The number of carbonyl (C=O) groups is 2. The van der Waals surface area contributed by atoms with Gasteiger partial charge in [-0.05, 0) is 25.1 Å². The Bertz CT molecular complexity index is 727. The summed E-state index contributed by atoms with van der Waals surface area (Å²) in [6.45, 7) is 1.80. The van der Waals surface area contributed by atoms with E-state index in [1.54, 1.807) is 12.1 Å². The van der Waals surface area contributed by atoms with Gasteiger partial charge < -0.3 is 5.32 Å². The molecule has 2 rings (SSSR count). The van der Waals surface area contributed by atoms with Gasteiger partial charge in [-0.3, -0.25) is 9.59 Å². The molecule has 2 aromatic carbocycles. The molecule has 0 aliphatic heterocycles. The Hall–Kier alpha value is -2.47. The van der Waals surface area contributed by atoms with Gasteiger partial charge in [-0.1, -0.05) is 51.8 Å². The summed E-state index contributed by atoms with van der Waals surface area (Å²) in [6.07, 6.45) is 1.53. The molecule has 23 heavy (non-hydrogen) atoms. The number of nitrogens with zero attached hydrogens (tertiary/aromatic N) is 1. The molecule has 6 heteroatoms. The van der Waals surface area contributed by atoms with Gasteiger partial charge in [0.2, 0.25) is 0 Å². The molecule has 0 aromatic heterocycles. The van der Waals surface area contributed by atoms with E-state index in [0.717, 1.165) is 15.6 Å². The molecule has 0 heterocycles. The molecule has 0 atom stereocenters. The minimum atomic E-state index is -0.395. The van der Waals surface area contributed by atoms with Crippen LogP contribution in [0.15, 0.2) is 58.1 Å². The van der Waals surface area contributed by atoms with Gasteiger partial charge in [0.1, 0.15) is 0 Å². The third kappa shape index (κ3) is 5.34. The molecule has 0 radical (unpaired) electrons. The van der Waals surface area contributed by atoms with E-state index in [9.17, 15) is 9.59 Å². The van der Waals surface area contributed by atoms with Crippen LogP contribution >= 0.6 is 15.9 Å². The second kappa shape index (κ2) is 8.24. The quantitative estimate of drug-likeness (QED) is 0.624. The van der Waals surface area contributed by atoms with Gasteiger partial charge in [0.15, 0.2) is 0 Å². The van der Waals surface area contributed by atoms with Crippen molar-refractivity contribution < 1.29 is 9.59 Å². The highest BCUT2D eigenvalue weighted by Gasteiger charge is 2.07. The fourth-order valence-corrected chi connectivity index (χ4v) is 2.15. The fraction of sp³-hybridized carbons (Fsp3) is 0.118. The van der Waals surface area contributed by atoms with Crippen LogP contribution in [0.2, 0.25) is 0 Å². The normalized spacial score (nSPS) is 10.5. The van der Waals surface area contributed by atoms with Crippen molar-refractivity contribution >= 4 is 34.0 Å². The molecule has 2 aromatic rings. The van der Waals surface area contributed by atoms with E-state index >= 15 is 0 Å². The van der Waals surface area contributed by atoms with E-state index in [4.69, 9.17) is 0 Å². The zero-order valence-corrected chi connectivity index (χ0v) is 14.1. The van der Waals surface area contributed by atoms with Crippen LogP contribution in [0.1, 0.15) is 21.5 Å². The van der Waals surface area contributed by atoms with E-state index in [2.05, 4.69) is 31.8 Å². The van der Waals surface area contributed by atoms with E-state index in [1.165, 1.54) is 6.21 Å². The third-order valence-corrected chi connectivity index (χ3v) is 3.74. The summed E-state index contributed by atoms with van der Waals surface area (Å²) in [7, 11) is 0. The molecule has 118 valence electrons. The Morgan fingerprint density at radius 2 is 1.83 bits per heavy atom. The van der Waals surface area contributed by atoms with Crippen molar-refractivity contribution in [2.75, 3.05) is 6.54 Å². The van der Waals surface area contributed by atoms with Crippen molar-refractivity contribution in [3.63, 3.8) is 0 Å². The zero-order chi connectivity index (χ0) is 16.7. The Kier molecular flexibility index (Phi) is 6.05. The van der Waals surface area contributed by atoms with Crippen molar-refractivity contribution in [1.82, 2.24) is 10.7 Å². The van der Waals surface area contributed by atoms with E-state index in [1.807, 2.05) is 43.3 Å². The zero-order valence-electron chi connectivity index (χ0n) is 12.5. The van der Waals surface area contributed by atoms with Gasteiger partial charge in [-0.15, -0.1) is 0 Å². The topological polar surface area (TPSA) is 70.6 Å². The molecule has 5 nitrogen and oxygen atoms in total. The van der Waals surface area contributed by atoms with Gasteiger partial charge in [0, 0.05) is 15.6 Å². The number of halogens is 1. The standard InChI is InChI=1S/C17H16BrN3O2/c1-12-6-8-13(9-7-12)17(23)19-11-16(22)21-20-10-14-4-2-3-5-15(14)18/h2-10H,11H2,1H3,(H,19,23)(H,21,22)/b20-10+. The molecule has 0 aliphatic rings. The number of hydrogen-bond acceptors (Lipinski definition) is 3. The second-order valence-electron chi connectivity index (χ2n) is 4.86. The van der Waals surface area contributed by atoms with Gasteiger partial charge >= 0.3 is 0 Å². The minimum Gasteiger partial charge on any atom is -0.343 e. The van der Waals surface area contributed by atoms with Crippen LogP contribution in [0.25, 0.3) is 0 Å². The number of carbonyl (C=O) groups excluding carboxylic acids is 2. The van der Waals surface area contributed by atoms with Crippen LogP contribution in [-0.2, 0) is 4.79 Å². The number of aryl methyl sites for hydroxylation is 1. The molecule has 2 amide bonds. The predicted molar refractivity (Wildman–Crippen MR) is 93.4 cm³/mol. The number of nitrogens with one attached hydrogen (secondary N) is 2. The Morgan fingerprint density at radius 3 is 2.52 bits per heavy atom. The molecule has 0 saturated heterocycles. The summed E-state index contributed by atoms with van der Waals surface area (Å²) < 4.78 is 0.880. The van der Waals surface area contributed by atoms with Gasteiger partial charge in [0.25, 0.3) is 11.8 Å². The first-order chi connectivity index (χ1) is 11.1. The highest BCUT2D eigenvalue weighted by Crippen LogP contribution is 2.13. The first kappa shape index (κ1) is 16.9. The number of hydrazone groups is 1. The highest BCUT2D eigenvalue weighted by atomic mass is 79.9. The summed E-state index contributed by atoms with van der Waals surface area (Å²) in [5.74, 6) is -0.691. The van der Waals surface area contributed by atoms with Crippen LogP contribution in [0.3, 0.4) is 0 Å². The van der Waals surface area contributed by atoms with Crippen molar-refractivity contribution in [3.8, 4) is 0 Å². The van der Waals surface area contributed by atoms with Gasteiger partial charge in [0.05, 0.1) is 12.8 Å². The van der Waals surface area contributed by atoms with Gasteiger partial charge in [-0.2, -0.15) is 5.10 Å². The van der Waals surface area contributed by atoms with Crippen LogP contribution in [0, 0.1) is 6.92 Å². The van der Waals surface area contributed by atoms with Crippen molar-refractivity contribution in [1.29, 1.82) is 0 Å². The van der Waals surface area contributed by atoms with Crippen molar-refractivity contribution in [3.05, 3.63) is 69.7 Å². The van der Waals surface area contributed by atoms with Crippen molar-refractivity contribution in [2.24, 2.45) is 5.10 Å². The maximum atomic E-state index is 11.9. The first-order valence-electron chi connectivity index (χ1n) is 6.97. The predicted octanol–water partition coefficient (Wildman–Crippen LogP) is 2.64. The monoisotopic (exact) mass is 373 g/mol. The number of amides is 2. The molecule has 0 aliphatic carbocycles. The van der Waals surface area contributed by atoms with Crippen molar-refractivity contribution in [2.45, 2.75) is 6.92 Å². The molecular weight excluding hydrogens is 358 g/mol. The molecule has 0 saturated carbocycles. The lowest BCUT2D eigenvalue weighted by atomic mass is 10.1. The molecule has 0 unspecified atom stereocenters. The third-order valence-electron chi connectivity index (χ3n) is 3.02. The summed E-state index contributed by atoms with van der Waals surface area (Å²) >= 11 is 3.38. The van der Waals surface area contributed by atoms with E-state index < -0.39 is 5.91 Å². The first-order valence-corrected chi connectivity index (χ1v) is 7.77. The Morgan fingerprint density at radius 1 is 1.13 bits per heavy atom. The number of hydrogen-bond donors (Lipinski definition) is 2. The maximum Gasteiger partial charge on any atom is 0.259 e. The van der Waals surface area contributed by atoms with E-state index in [0.29, 0.717) is 5.56 Å². The molecule has 0 fully saturated rings. The summed E-state index contributed by atoms with van der Waals surface area (Å²) in [5.41, 5.74) is 4.80. The lowest BCUT2D eigenvalue weighted by Gasteiger charge is -2.04. The fourth-order valence-electron chi connectivity index (χ4n) is 1.76. The average molecular weight is 374 g/mol. The lowest BCUT2D eigenvalue weighted by molar-refractivity contribution is -0.120. The van der Waals surface area contributed by atoms with Crippen LogP contribution in [-0.4, -0.2) is 24.6 Å². The van der Waals surface area contributed by atoms with E-state index in [-0.39, 0.29) is 12.5 Å².